The largest absolute Gasteiger partial charge is 0.475 e. The molecule has 0 aromatic heterocycles. The minimum absolute atomic E-state index is 0.373. The molecule has 0 spiro atoms. The molecule has 0 aliphatic rings. The van der Waals surface area contributed by atoms with E-state index in [1.54, 1.807) is 12.1 Å². The number of hydrogen-bond donors (Lipinski definition) is 2. The standard InChI is InChI=1S/C19H21NO3/c1-2-19(17(21)18(22)23,15-6-4-3-5-7-15)16-10-8-14(9-11-16)12-13-20/h3-11H,2,12-13,20H2,1H3,(H,22,23). The van der Waals surface area contributed by atoms with Crippen molar-refractivity contribution in [2.24, 2.45) is 5.73 Å². The summed E-state index contributed by atoms with van der Waals surface area (Å²) in [6.07, 6.45) is 1.12. The highest BCUT2D eigenvalue weighted by Gasteiger charge is 2.43. The molecule has 0 aliphatic heterocycles. The van der Waals surface area contributed by atoms with Crippen LogP contribution in [0.5, 0.6) is 0 Å². The molecule has 2 aromatic carbocycles. The molecule has 2 aromatic rings. The van der Waals surface area contributed by atoms with E-state index < -0.39 is 17.2 Å². The Labute approximate surface area is 136 Å². The molecule has 0 saturated carbocycles. The summed E-state index contributed by atoms with van der Waals surface area (Å²) in [6.45, 7) is 2.38. The molecule has 120 valence electrons. The van der Waals surface area contributed by atoms with Crippen LogP contribution in [0.1, 0.15) is 30.0 Å². The Balaban J connectivity index is 2.61. The number of carboxylic acids is 1. The molecule has 0 amide bonds. The van der Waals surface area contributed by atoms with Gasteiger partial charge in [-0.1, -0.05) is 61.5 Å². The van der Waals surface area contributed by atoms with Crippen LogP contribution < -0.4 is 5.73 Å². The molecular weight excluding hydrogens is 290 g/mol. The first-order chi connectivity index (χ1) is 11.1. The molecule has 0 saturated heterocycles. The number of ketones is 1. The van der Waals surface area contributed by atoms with Crippen molar-refractivity contribution in [3.63, 3.8) is 0 Å². The van der Waals surface area contributed by atoms with Crippen molar-refractivity contribution in [3.8, 4) is 0 Å². The van der Waals surface area contributed by atoms with E-state index in [4.69, 9.17) is 5.73 Å². The van der Waals surface area contributed by atoms with Gasteiger partial charge in [0.15, 0.2) is 0 Å². The number of nitrogens with two attached hydrogens (primary N) is 1. The Morgan fingerprint density at radius 2 is 1.57 bits per heavy atom. The molecule has 4 heteroatoms. The Bertz CT molecular complexity index is 680. The van der Waals surface area contributed by atoms with Crippen LogP contribution in [0.4, 0.5) is 0 Å². The van der Waals surface area contributed by atoms with Gasteiger partial charge in [-0.2, -0.15) is 0 Å². The highest BCUT2D eigenvalue weighted by Crippen LogP contribution is 2.37. The lowest BCUT2D eigenvalue weighted by atomic mass is 9.69. The third kappa shape index (κ3) is 3.17. The third-order valence-electron chi connectivity index (χ3n) is 4.26. The summed E-state index contributed by atoms with van der Waals surface area (Å²) in [5.41, 5.74) is 6.84. The first-order valence-corrected chi connectivity index (χ1v) is 7.69. The number of Topliss-reactive ketones (excluding diaryl/α,β-unsaturated/α-hetero) is 1. The first kappa shape index (κ1) is 16.9. The predicted molar refractivity (Wildman–Crippen MR) is 89.4 cm³/mol. The zero-order valence-electron chi connectivity index (χ0n) is 13.2. The van der Waals surface area contributed by atoms with Gasteiger partial charge in [-0.15, -0.1) is 0 Å². The van der Waals surface area contributed by atoms with Crippen LogP contribution >= 0.6 is 0 Å². The Hall–Kier alpha value is -2.46. The van der Waals surface area contributed by atoms with Crippen molar-refractivity contribution in [2.45, 2.75) is 25.2 Å². The monoisotopic (exact) mass is 311 g/mol. The quantitative estimate of drug-likeness (QED) is 0.770. The lowest BCUT2D eigenvalue weighted by molar-refractivity contribution is -0.151. The average Bonchev–Trinajstić information content (AvgIpc) is 2.58. The number of carbonyl (C=O) groups is 2. The second-order valence-corrected chi connectivity index (χ2v) is 5.49. The molecule has 23 heavy (non-hydrogen) atoms. The zero-order chi connectivity index (χ0) is 16.9. The minimum atomic E-state index is -1.42. The maximum atomic E-state index is 12.6. The number of aliphatic carboxylic acids is 1. The second kappa shape index (κ2) is 7.20. The van der Waals surface area contributed by atoms with Crippen LogP contribution in [0.25, 0.3) is 0 Å². The van der Waals surface area contributed by atoms with Gasteiger partial charge >= 0.3 is 5.97 Å². The van der Waals surface area contributed by atoms with Crippen LogP contribution in [0.15, 0.2) is 54.6 Å². The highest BCUT2D eigenvalue weighted by molar-refractivity contribution is 6.37. The van der Waals surface area contributed by atoms with E-state index in [0.717, 1.165) is 12.0 Å². The smallest absolute Gasteiger partial charge is 0.373 e. The number of carboxylic acid groups (broad SMARTS) is 1. The summed E-state index contributed by atoms with van der Waals surface area (Å²) in [5.74, 6) is -2.22. The van der Waals surface area contributed by atoms with Crippen LogP contribution in [-0.4, -0.2) is 23.4 Å². The maximum absolute atomic E-state index is 12.6. The van der Waals surface area contributed by atoms with E-state index in [1.165, 1.54) is 0 Å². The first-order valence-electron chi connectivity index (χ1n) is 7.69. The number of carbonyl (C=O) groups excluding carboxylic acids is 1. The van der Waals surface area contributed by atoms with Gasteiger partial charge in [0.05, 0.1) is 5.41 Å². The Morgan fingerprint density at radius 1 is 1.00 bits per heavy atom. The Morgan fingerprint density at radius 3 is 2.04 bits per heavy atom. The van der Waals surface area contributed by atoms with Crippen LogP contribution in [0, 0.1) is 0 Å². The van der Waals surface area contributed by atoms with E-state index in [-0.39, 0.29) is 0 Å². The van der Waals surface area contributed by atoms with Crippen molar-refractivity contribution >= 4 is 11.8 Å². The van der Waals surface area contributed by atoms with Crippen LogP contribution in [0.3, 0.4) is 0 Å². The summed E-state index contributed by atoms with van der Waals surface area (Å²) < 4.78 is 0. The van der Waals surface area contributed by atoms with Gasteiger partial charge in [0.25, 0.3) is 5.78 Å². The number of hydrogen-bond acceptors (Lipinski definition) is 3. The third-order valence-corrected chi connectivity index (χ3v) is 4.26. The Kier molecular flexibility index (Phi) is 5.29. The van der Waals surface area contributed by atoms with Crippen molar-refractivity contribution in [3.05, 3.63) is 71.3 Å². The van der Waals surface area contributed by atoms with Gasteiger partial charge in [0.1, 0.15) is 0 Å². The van der Waals surface area contributed by atoms with Crippen molar-refractivity contribution < 1.29 is 14.7 Å². The molecule has 4 nitrogen and oxygen atoms in total. The molecule has 3 N–H and O–H groups in total. The van der Waals surface area contributed by atoms with Gasteiger partial charge in [-0.25, -0.2) is 4.79 Å². The van der Waals surface area contributed by atoms with Gasteiger partial charge in [0, 0.05) is 0 Å². The molecule has 1 unspecified atom stereocenters. The van der Waals surface area contributed by atoms with Crippen molar-refractivity contribution in [1.29, 1.82) is 0 Å². The topological polar surface area (TPSA) is 80.4 Å². The molecule has 0 heterocycles. The predicted octanol–water partition coefficient (Wildman–Crippen LogP) is 2.54. The van der Waals surface area contributed by atoms with Gasteiger partial charge in [0.2, 0.25) is 0 Å². The molecule has 0 aliphatic carbocycles. The van der Waals surface area contributed by atoms with E-state index in [1.807, 2.05) is 49.4 Å². The van der Waals surface area contributed by atoms with E-state index in [9.17, 15) is 14.7 Å². The molecule has 2 rings (SSSR count). The SMILES string of the molecule is CCC(C(=O)C(=O)O)(c1ccccc1)c1ccc(CCN)cc1. The van der Waals surface area contributed by atoms with Crippen molar-refractivity contribution in [1.82, 2.24) is 0 Å². The fourth-order valence-corrected chi connectivity index (χ4v) is 3.03. The summed E-state index contributed by atoms with van der Waals surface area (Å²) in [7, 11) is 0. The molecule has 0 bridgehead atoms. The fourth-order valence-electron chi connectivity index (χ4n) is 3.03. The van der Waals surface area contributed by atoms with Gasteiger partial charge in [-0.3, -0.25) is 4.79 Å². The molecule has 0 radical (unpaired) electrons. The van der Waals surface area contributed by atoms with Crippen molar-refractivity contribution in [2.75, 3.05) is 6.54 Å². The minimum Gasteiger partial charge on any atom is -0.475 e. The lowest BCUT2D eigenvalue weighted by Gasteiger charge is -2.31. The zero-order valence-corrected chi connectivity index (χ0v) is 13.2. The summed E-state index contributed by atoms with van der Waals surface area (Å²) in [4.78, 5) is 24.0. The highest BCUT2D eigenvalue weighted by atomic mass is 16.4. The molecule has 0 fully saturated rings. The van der Waals surface area contributed by atoms with Gasteiger partial charge < -0.3 is 10.8 Å². The van der Waals surface area contributed by atoms with E-state index >= 15 is 0 Å². The van der Waals surface area contributed by atoms with E-state index in [2.05, 4.69) is 0 Å². The lowest BCUT2D eigenvalue weighted by Crippen LogP contribution is -2.41. The summed E-state index contributed by atoms with van der Waals surface area (Å²) in [6, 6.07) is 16.6. The second-order valence-electron chi connectivity index (χ2n) is 5.49. The summed E-state index contributed by atoms with van der Waals surface area (Å²) >= 11 is 0. The number of rotatable bonds is 7. The van der Waals surface area contributed by atoms with Gasteiger partial charge in [-0.05, 0) is 36.1 Å². The van der Waals surface area contributed by atoms with E-state index in [0.29, 0.717) is 24.1 Å². The normalized spacial score (nSPS) is 13.3. The summed E-state index contributed by atoms with van der Waals surface area (Å²) in [5, 5.41) is 9.34. The van der Waals surface area contributed by atoms with Crippen LogP contribution in [-0.2, 0) is 21.4 Å². The molecular formula is C19H21NO3. The van der Waals surface area contributed by atoms with Crippen LogP contribution in [0.2, 0.25) is 0 Å². The molecule has 1 atom stereocenters. The average molecular weight is 311 g/mol. The number of benzene rings is 2. The fraction of sp³-hybridized carbons (Fsp3) is 0.263. The maximum Gasteiger partial charge on any atom is 0.373 e.